The fourth-order valence-corrected chi connectivity index (χ4v) is 2.22. The van der Waals surface area contributed by atoms with Gasteiger partial charge in [0.05, 0.1) is 0 Å². The predicted molar refractivity (Wildman–Crippen MR) is 79.4 cm³/mol. The van der Waals surface area contributed by atoms with Gasteiger partial charge in [-0.3, -0.25) is 0 Å². The van der Waals surface area contributed by atoms with Gasteiger partial charge >= 0.3 is 0 Å². The average Bonchev–Trinajstić information content (AvgIpc) is 2.38. The SMILES string of the molecule is Cc1ccc(C(C)CCc2ccc(Cl)cc2)cc1. The van der Waals surface area contributed by atoms with Crippen LogP contribution >= 0.6 is 11.6 Å². The molecular formula is C17H19Cl. The lowest BCUT2D eigenvalue weighted by molar-refractivity contribution is 0.679. The zero-order chi connectivity index (χ0) is 13.0. The van der Waals surface area contributed by atoms with Gasteiger partial charge in [0.2, 0.25) is 0 Å². The van der Waals surface area contributed by atoms with Gasteiger partial charge in [0.25, 0.3) is 0 Å². The molecule has 18 heavy (non-hydrogen) atoms. The molecule has 0 saturated heterocycles. The Bertz CT molecular complexity index is 482. The molecule has 0 aromatic heterocycles. The maximum absolute atomic E-state index is 5.89. The first-order valence-electron chi connectivity index (χ1n) is 6.46. The highest BCUT2D eigenvalue weighted by Crippen LogP contribution is 2.22. The lowest BCUT2D eigenvalue weighted by Crippen LogP contribution is -1.96. The highest BCUT2D eigenvalue weighted by Gasteiger charge is 2.05. The van der Waals surface area contributed by atoms with Gasteiger partial charge in [-0.1, -0.05) is 60.5 Å². The zero-order valence-corrected chi connectivity index (χ0v) is 11.7. The third kappa shape index (κ3) is 3.61. The monoisotopic (exact) mass is 258 g/mol. The number of aryl methyl sites for hydroxylation is 2. The van der Waals surface area contributed by atoms with Crippen LogP contribution in [0.3, 0.4) is 0 Å². The van der Waals surface area contributed by atoms with Gasteiger partial charge in [-0.15, -0.1) is 0 Å². The lowest BCUT2D eigenvalue weighted by Gasteiger charge is -2.12. The second-order valence-electron chi connectivity index (χ2n) is 4.98. The van der Waals surface area contributed by atoms with Gasteiger partial charge in [0, 0.05) is 5.02 Å². The van der Waals surface area contributed by atoms with Gasteiger partial charge in [-0.05, 0) is 48.9 Å². The van der Waals surface area contributed by atoms with E-state index in [9.17, 15) is 0 Å². The quantitative estimate of drug-likeness (QED) is 0.690. The Hall–Kier alpha value is -1.27. The largest absolute Gasteiger partial charge is 0.0843 e. The summed E-state index contributed by atoms with van der Waals surface area (Å²) in [4.78, 5) is 0. The first-order chi connectivity index (χ1) is 8.65. The van der Waals surface area contributed by atoms with E-state index in [1.807, 2.05) is 12.1 Å². The van der Waals surface area contributed by atoms with E-state index in [1.54, 1.807) is 0 Å². The molecule has 1 atom stereocenters. The van der Waals surface area contributed by atoms with E-state index in [1.165, 1.54) is 23.1 Å². The van der Waals surface area contributed by atoms with Crippen molar-refractivity contribution >= 4 is 11.6 Å². The van der Waals surface area contributed by atoms with Crippen molar-refractivity contribution in [2.24, 2.45) is 0 Å². The fourth-order valence-electron chi connectivity index (χ4n) is 2.10. The molecule has 0 bridgehead atoms. The van der Waals surface area contributed by atoms with Crippen molar-refractivity contribution in [3.8, 4) is 0 Å². The molecule has 2 aromatic rings. The van der Waals surface area contributed by atoms with E-state index >= 15 is 0 Å². The molecule has 1 unspecified atom stereocenters. The number of hydrogen-bond donors (Lipinski definition) is 0. The molecule has 0 aliphatic heterocycles. The van der Waals surface area contributed by atoms with Crippen LogP contribution < -0.4 is 0 Å². The second-order valence-corrected chi connectivity index (χ2v) is 5.41. The molecule has 0 nitrogen and oxygen atoms in total. The summed E-state index contributed by atoms with van der Waals surface area (Å²) in [5, 5.41) is 0.810. The van der Waals surface area contributed by atoms with Gasteiger partial charge in [0.15, 0.2) is 0 Å². The summed E-state index contributed by atoms with van der Waals surface area (Å²) >= 11 is 5.89. The molecular weight excluding hydrogens is 240 g/mol. The second kappa shape index (κ2) is 6.06. The molecule has 2 rings (SSSR count). The number of benzene rings is 2. The molecule has 0 spiro atoms. The van der Waals surface area contributed by atoms with E-state index in [2.05, 4.69) is 50.2 Å². The van der Waals surface area contributed by atoms with Gasteiger partial charge in [-0.2, -0.15) is 0 Å². The van der Waals surface area contributed by atoms with E-state index in [4.69, 9.17) is 11.6 Å². The zero-order valence-electron chi connectivity index (χ0n) is 11.0. The molecule has 0 aliphatic rings. The minimum absolute atomic E-state index is 0.598. The normalized spacial score (nSPS) is 12.4. The molecule has 0 N–H and O–H groups in total. The number of halogens is 1. The topological polar surface area (TPSA) is 0 Å². The summed E-state index contributed by atoms with van der Waals surface area (Å²) in [6, 6.07) is 17.0. The van der Waals surface area contributed by atoms with Crippen molar-refractivity contribution in [2.45, 2.75) is 32.6 Å². The van der Waals surface area contributed by atoms with Crippen molar-refractivity contribution in [3.63, 3.8) is 0 Å². The van der Waals surface area contributed by atoms with Crippen LogP contribution in [-0.4, -0.2) is 0 Å². The molecule has 0 saturated carbocycles. The van der Waals surface area contributed by atoms with Gasteiger partial charge in [-0.25, -0.2) is 0 Å². The fraction of sp³-hybridized carbons (Fsp3) is 0.294. The minimum Gasteiger partial charge on any atom is -0.0843 e. The summed E-state index contributed by atoms with van der Waals surface area (Å²) < 4.78 is 0. The Morgan fingerprint density at radius 2 is 1.56 bits per heavy atom. The van der Waals surface area contributed by atoms with Crippen LogP contribution in [0, 0.1) is 6.92 Å². The van der Waals surface area contributed by atoms with E-state index in [0.717, 1.165) is 11.4 Å². The van der Waals surface area contributed by atoms with Gasteiger partial charge < -0.3 is 0 Å². The Labute approximate surface area is 115 Å². The first kappa shape index (κ1) is 13.2. The summed E-state index contributed by atoms with van der Waals surface area (Å²) in [5.41, 5.74) is 4.11. The van der Waals surface area contributed by atoms with Crippen molar-refractivity contribution < 1.29 is 0 Å². The van der Waals surface area contributed by atoms with Crippen molar-refractivity contribution in [1.29, 1.82) is 0 Å². The molecule has 0 amide bonds. The van der Waals surface area contributed by atoms with Crippen LogP contribution in [0.4, 0.5) is 0 Å². The average molecular weight is 259 g/mol. The molecule has 0 heterocycles. The third-order valence-electron chi connectivity index (χ3n) is 3.43. The summed E-state index contributed by atoms with van der Waals surface area (Å²) in [6.45, 7) is 4.42. The summed E-state index contributed by atoms with van der Waals surface area (Å²) in [5.74, 6) is 0.598. The Kier molecular flexibility index (Phi) is 4.43. The Balaban J connectivity index is 1.93. The third-order valence-corrected chi connectivity index (χ3v) is 3.68. The molecule has 94 valence electrons. The van der Waals surface area contributed by atoms with Crippen LogP contribution in [0.5, 0.6) is 0 Å². The molecule has 0 aliphatic carbocycles. The van der Waals surface area contributed by atoms with Crippen molar-refractivity contribution in [2.75, 3.05) is 0 Å². The Morgan fingerprint density at radius 3 is 2.17 bits per heavy atom. The maximum atomic E-state index is 5.89. The van der Waals surface area contributed by atoms with Crippen LogP contribution in [0.1, 0.15) is 36.0 Å². The molecule has 0 fully saturated rings. The molecule has 0 radical (unpaired) electrons. The van der Waals surface area contributed by atoms with Crippen molar-refractivity contribution in [3.05, 3.63) is 70.2 Å². The molecule has 2 aromatic carbocycles. The predicted octanol–water partition coefficient (Wildman–Crippen LogP) is 5.38. The highest BCUT2D eigenvalue weighted by molar-refractivity contribution is 6.30. The van der Waals surface area contributed by atoms with E-state index in [0.29, 0.717) is 5.92 Å². The van der Waals surface area contributed by atoms with Gasteiger partial charge in [0.1, 0.15) is 0 Å². The minimum atomic E-state index is 0.598. The van der Waals surface area contributed by atoms with E-state index in [-0.39, 0.29) is 0 Å². The lowest BCUT2D eigenvalue weighted by atomic mass is 9.93. The maximum Gasteiger partial charge on any atom is 0.0406 e. The first-order valence-corrected chi connectivity index (χ1v) is 6.84. The number of rotatable bonds is 4. The van der Waals surface area contributed by atoms with Crippen LogP contribution in [0.25, 0.3) is 0 Å². The number of hydrogen-bond acceptors (Lipinski definition) is 0. The summed E-state index contributed by atoms with van der Waals surface area (Å²) in [6.07, 6.45) is 2.27. The van der Waals surface area contributed by atoms with Crippen LogP contribution in [-0.2, 0) is 6.42 Å². The van der Waals surface area contributed by atoms with Crippen LogP contribution in [0.15, 0.2) is 48.5 Å². The summed E-state index contributed by atoms with van der Waals surface area (Å²) in [7, 11) is 0. The Morgan fingerprint density at radius 1 is 0.944 bits per heavy atom. The van der Waals surface area contributed by atoms with Crippen LogP contribution in [0.2, 0.25) is 5.02 Å². The van der Waals surface area contributed by atoms with Crippen molar-refractivity contribution in [1.82, 2.24) is 0 Å². The highest BCUT2D eigenvalue weighted by atomic mass is 35.5. The molecule has 1 heteroatoms. The smallest absolute Gasteiger partial charge is 0.0406 e. The standard InChI is InChI=1S/C17H19Cl/c1-13-3-9-16(10-4-13)14(2)5-6-15-7-11-17(18)12-8-15/h3-4,7-12,14H,5-6H2,1-2H3. The van der Waals surface area contributed by atoms with E-state index < -0.39 is 0 Å².